The molecule has 1 fully saturated rings. The second-order valence-electron chi connectivity index (χ2n) is 7.64. The molecule has 2 rings (SSSR count). The first-order valence-electron chi connectivity index (χ1n) is 8.43. The van der Waals surface area contributed by atoms with Crippen LogP contribution in [0.2, 0.25) is 0 Å². The number of benzene rings is 1. The highest BCUT2D eigenvalue weighted by Crippen LogP contribution is 2.32. The summed E-state index contributed by atoms with van der Waals surface area (Å²) < 4.78 is 0. The van der Waals surface area contributed by atoms with Gasteiger partial charge in [-0.25, -0.2) is 0 Å². The number of rotatable bonds is 5. The van der Waals surface area contributed by atoms with Crippen molar-refractivity contribution in [1.29, 1.82) is 0 Å². The molecule has 21 heavy (non-hydrogen) atoms. The van der Waals surface area contributed by atoms with E-state index in [0.717, 1.165) is 13.1 Å². The fraction of sp³-hybridized carbons (Fsp3) is 0.684. The van der Waals surface area contributed by atoms with E-state index in [1.807, 2.05) is 0 Å². The molecule has 0 aromatic heterocycles. The minimum atomic E-state index is 0.245. The van der Waals surface area contributed by atoms with Crippen molar-refractivity contribution in [3.05, 3.63) is 35.9 Å². The molecule has 0 bridgehead atoms. The van der Waals surface area contributed by atoms with Crippen LogP contribution in [0.15, 0.2) is 30.3 Å². The predicted molar refractivity (Wildman–Crippen MR) is 91.5 cm³/mol. The molecular formula is C19H32N2. The van der Waals surface area contributed by atoms with Gasteiger partial charge in [0.25, 0.3) is 0 Å². The van der Waals surface area contributed by atoms with Crippen molar-refractivity contribution in [2.75, 3.05) is 19.6 Å². The molecule has 2 nitrogen and oxygen atoms in total. The molecule has 0 radical (unpaired) electrons. The van der Waals surface area contributed by atoms with E-state index in [0.29, 0.717) is 11.5 Å². The van der Waals surface area contributed by atoms with E-state index >= 15 is 0 Å². The molecule has 1 aliphatic rings. The molecule has 118 valence electrons. The summed E-state index contributed by atoms with van der Waals surface area (Å²) >= 11 is 0. The Kier molecular flexibility index (Phi) is 5.11. The Hall–Kier alpha value is -0.860. The predicted octanol–water partition coefficient (Wildman–Crippen LogP) is 4.24. The molecule has 1 aromatic carbocycles. The smallest absolute Gasteiger partial charge is 0.0473 e. The first kappa shape index (κ1) is 16.5. The summed E-state index contributed by atoms with van der Waals surface area (Å²) in [6.45, 7) is 15.1. The third-order valence-corrected chi connectivity index (χ3v) is 5.27. The molecule has 1 saturated heterocycles. The lowest BCUT2D eigenvalue weighted by Gasteiger charge is -2.48. The van der Waals surface area contributed by atoms with Crippen LogP contribution in [-0.2, 0) is 0 Å². The quantitative estimate of drug-likeness (QED) is 0.872. The van der Waals surface area contributed by atoms with Crippen LogP contribution in [-0.4, -0.2) is 30.1 Å². The van der Waals surface area contributed by atoms with Gasteiger partial charge in [-0.1, -0.05) is 58.0 Å². The largest absolute Gasteiger partial charge is 0.308 e. The van der Waals surface area contributed by atoms with E-state index in [2.05, 4.69) is 75.2 Å². The van der Waals surface area contributed by atoms with Crippen LogP contribution >= 0.6 is 0 Å². The zero-order valence-electron chi connectivity index (χ0n) is 14.4. The van der Waals surface area contributed by atoms with Crippen LogP contribution in [0.1, 0.15) is 59.1 Å². The van der Waals surface area contributed by atoms with Gasteiger partial charge in [-0.15, -0.1) is 0 Å². The molecule has 0 saturated carbocycles. The Morgan fingerprint density at radius 1 is 1.24 bits per heavy atom. The van der Waals surface area contributed by atoms with Gasteiger partial charge in [0.1, 0.15) is 0 Å². The van der Waals surface area contributed by atoms with Gasteiger partial charge in [0, 0.05) is 31.2 Å². The number of nitrogens with zero attached hydrogens (tertiary/aromatic N) is 1. The number of nitrogens with one attached hydrogen (secondary N) is 1. The number of piperazine rings is 1. The molecule has 0 amide bonds. The lowest BCUT2D eigenvalue weighted by Crippen LogP contribution is -2.60. The van der Waals surface area contributed by atoms with Gasteiger partial charge in [-0.2, -0.15) is 0 Å². The van der Waals surface area contributed by atoms with Crippen molar-refractivity contribution in [3.63, 3.8) is 0 Å². The van der Waals surface area contributed by atoms with E-state index in [1.54, 1.807) is 0 Å². The van der Waals surface area contributed by atoms with Gasteiger partial charge in [-0.3, -0.25) is 4.90 Å². The van der Waals surface area contributed by atoms with Crippen molar-refractivity contribution in [3.8, 4) is 0 Å². The fourth-order valence-electron chi connectivity index (χ4n) is 3.15. The molecule has 1 aromatic rings. The fourth-order valence-corrected chi connectivity index (χ4v) is 3.15. The Morgan fingerprint density at radius 3 is 2.48 bits per heavy atom. The number of hydrogen-bond donors (Lipinski definition) is 1. The van der Waals surface area contributed by atoms with E-state index in [-0.39, 0.29) is 5.54 Å². The molecule has 1 N–H and O–H groups in total. The molecule has 1 heterocycles. The summed E-state index contributed by atoms with van der Waals surface area (Å²) in [7, 11) is 0. The SMILES string of the molecule is CCC(C)(C)CN1CC(C)(CC)NCC1c1ccccc1. The minimum Gasteiger partial charge on any atom is -0.308 e. The highest BCUT2D eigenvalue weighted by atomic mass is 15.3. The highest BCUT2D eigenvalue weighted by Gasteiger charge is 2.37. The Balaban J connectivity index is 2.22. The van der Waals surface area contributed by atoms with Crippen molar-refractivity contribution < 1.29 is 0 Å². The van der Waals surface area contributed by atoms with E-state index in [1.165, 1.54) is 24.9 Å². The van der Waals surface area contributed by atoms with Gasteiger partial charge in [-0.05, 0) is 30.7 Å². The summed E-state index contributed by atoms with van der Waals surface area (Å²) in [6.07, 6.45) is 2.40. The van der Waals surface area contributed by atoms with E-state index in [9.17, 15) is 0 Å². The molecule has 2 heteroatoms. The van der Waals surface area contributed by atoms with Crippen LogP contribution in [0.3, 0.4) is 0 Å². The molecule has 2 unspecified atom stereocenters. The second kappa shape index (κ2) is 6.50. The minimum absolute atomic E-state index is 0.245. The highest BCUT2D eigenvalue weighted by molar-refractivity contribution is 5.21. The Labute approximate surface area is 130 Å². The van der Waals surface area contributed by atoms with Gasteiger partial charge in [0.2, 0.25) is 0 Å². The molecule has 2 atom stereocenters. The zero-order chi connectivity index (χ0) is 15.5. The van der Waals surface area contributed by atoms with E-state index in [4.69, 9.17) is 0 Å². The number of hydrogen-bond acceptors (Lipinski definition) is 2. The second-order valence-corrected chi connectivity index (χ2v) is 7.64. The van der Waals surface area contributed by atoms with Crippen molar-refractivity contribution in [2.45, 2.75) is 59.0 Å². The maximum Gasteiger partial charge on any atom is 0.0473 e. The van der Waals surface area contributed by atoms with Gasteiger partial charge in [0.15, 0.2) is 0 Å². The monoisotopic (exact) mass is 288 g/mol. The Morgan fingerprint density at radius 2 is 1.90 bits per heavy atom. The van der Waals surface area contributed by atoms with Crippen molar-refractivity contribution >= 4 is 0 Å². The third kappa shape index (κ3) is 4.08. The summed E-state index contributed by atoms with van der Waals surface area (Å²) in [5.74, 6) is 0. The lowest BCUT2D eigenvalue weighted by molar-refractivity contribution is 0.0491. The molecule has 0 spiro atoms. The average molecular weight is 288 g/mol. The maximum absolute atomic E-state index is 3.79. The molecule has 1 aliphatic heterocycles. The van der Waals surface area contributed by atoms with Crippen LogP contribution < -0.4 is 5.32 Å². The molecular weight excluding hydrogens is 256 g/mol. The van der Waals surface area contributed by atoms with Crippen LogP contribution in [0.25, 0.3) is 0 Å². The summed E-state index contributed by atoms with van der Waals surface area (Å²) in [5, 5.41) is 3.79. The van der Waals surface area contributed by atoms with Crippen molar-refractivity contribution in [2.24, 2.45) is 5.41 Å². The van der Waals surface area contributed by atoms with Gasteiger partial charge >= 0.3 is 0 Å². The van der Waals surface area contributed by atoms with E-state index < -0.39 is 0 Å². The Bertz CT molecular complexity index is 438. The summed E-state index contributed by atoms with van der Waals surface area (Å²) in [5.41, 5.74) is 2.06. The van der Waals surface area contributed by atoms with Crippen LogP contribution in [0.4, 0.5) is 0 Å². The third-order valence-electron chi connectivity index (χ3n) is 5.27. The average Bonchev–Trinajstić information content (AvgIpc) is 2.48. The van der Waals surface area contributed by atoms with Crippen LogP contribution in [0.5, 0.6) is 0 Å². The molecule has 0 aliphatic carbocycles. The lowest BCUT2D eigenvalue weighted by atomic mass is 9.85. The van der Waals surface area contributed by atoms with Crippen LogP contribution in [0, 0.1) is 5.41 Å². The first-order valence-corrected chi connectivity index (χ1v) is 8.43. The summed E-state index contributed by atoms with van der Waals surface area (Å²) in [6, 6.07) is 11.5. The van der Waals surface area contributed by atoms with Crippen molar-refractivity contribution in [1.82, 2.24) is 10.2 Å². The summed E-state index contributed by atoms with van der Waals surface area (Å²) in [4.78, 5) is 2.71. The maximum atomic E-state index is 3.79. The first-order chi connectivity index (χ1) is 9.89. The van der Waals surface area contributed by atoms with Gasteiger partial charge < -0.3 is 5.32 Å². The topological polar surface area (TPSA) is 15.3 Å². The van der Waals surface area contributed by atoms with Gasteiger partial charge in [0.05, 0.1) is 0 Å². The zero-order valence-corrected chi connectivity index (χ0v) is 14.4. The standard InChI is InChI=1S/C19H32N2/c1-6-18(3,4)14-21-15-19(5,7-2)20-13-17(21)16-11-9-8-10-12-16/h8-12,17,20H,6-7,13-15H2,1-5H3. The normalized spacial score (nSPS) is 27.8.